The first-order valence-electron chi connectivity index (χ1n) is 5.04. The van der Waals surface area contributed by atoms with Crippen LogP contribution in [0.15, 0.2) is 26.8 Å². The van der Waals surface area contributed by atoms with Gasteiger partial charge in [-0.2, -0.15) is 0 Å². The molecule has 0 bridgehead atoms. The summed E-state index contributed by atoms with van der Waals surface area (Å²) < 4.78 is 6.31. The van der Waals surface area contributed by atoms with Crippen LogP contribution in [0.25, 0.3) is 6.08 Å². The highest BCUT2D eigenvalue weighted by atomic mass is 79.9. The van der Waals surface area contributed by atoms with E-state index in [9.17, 15) is 0 Å². The van der Waals surface area contributed by atoms with Crippen LogP contribution in [0.4, 0.5) is 0 Å². The summed E-state index contributed by atoms with van der Waals surface area (Å²) in [5.41, 5.74) is 1.40. The van der Waals surface area contributed by atoms with Crippen molar-refractivity contribution in [1.29, 1.82) is 0 Å². The average Bonchev–Trinajstić information content (AvgIpc) is 2.47. The molecule has 0 saturated carbocycles. The zero-order valence-electron chi connectivity index (χ0n) is 9.73. The highest BCUT2D eigenvalue weighted by molar-refractivity contribution is 9.10. The Bertz CT molecular complexity index is 347. The van der Waals surface area contributed by atoms with Crippen molar-refractivity contribution >= 4 is 22.0 Å². The molecule has 84 valence electrons. The third kappa shape index (κ3) is 4.67. The lowest BCUT2D eigenvalue weighted by molar-refractivity contribution is 0.444. The van der Waals surface area contributed by atoms with Crippen molar-refractivity contribution in [2.24, 2.45) is 0 Å². The molecular weight excluding hydrogens is 254 g/mol. The lowest BCUT2D eigenvalue weighted by Crippen LogP contribution is -2.36. The van der Waals surface area contributed by atoms with E-state index in [2.05, 4.69) is 48.9 Å². The minimum atomic E-state index is 0.148. The van der Waals surface area contributed by atoms with Gasteiger partial charge in [-0.05, 0) is 55.8 Å². The molecule has 0 aliphatic carbocycles. The number of rotatable bonds is 3. The fraction of sp³-hybridized carbons (Fsp3) is 0.500. The fourth-order valence-electron chi connectivity index (χ4n) is 1.09. The topological polar surface area (TPSA) is 25.2 Å². The predicted octanol–water partition coefficient (Wildman–Crippen LogP) is 3.83. The Hall–Kier alpha value is -0.540. The van der Waals surface area contributed by atoms with Crippen molar-refractivity contribution in [3.63, 3.8) is 0 Å². The van der Waals surface area contributed by atoms with Crippen molar-refractivity contribution in [3.05, 3.63) is 28.1 Å². The molecule has 0 aliphatic rings. The van der Waals surface area contributed by atoms with Gasteiger partial charge in [0.25, 0.3) is 0 Å². The Kier molecular flexibility index (Phi) is 4.17. The van der Waals surface area contributed by atoms with E-state index in [1.165, 1.54) is 5.57 Å². The summed E-state index contributed by atoms with van der Waals surface area (Å²) in [6.07, 6.45) is 3.73. The third-order valence-corrected chi connectivity index (χ3v) is 2.57. The number of halogens is 1. The molecule has 0 spiro atoms. The Morgan fingerprint density at radius 2 is 2.20 bits per heavy atom. The van der Waals surface area contributed by atoms with Crippen LogP contribution < -0.4 is 5.32 Å². The van der Waals surface area contributed by atoms with Gasteiger partial charge in [0, 0.05) is 12.1 Å². The van der Waals surface area contributed by atoms with Crippen molar-refractivity contribution in [2.75, 3.05) is 6.54 Å². The molecule has 1 heterocycles. The molecule has 0 atom stereocenters. The first kappa shape index (κ1) is 12.5. The minimum absolute atomic E-state index is 0.148. The SMILES string of the molecule is C/C(=C/c1occc1Br)CNC(C)(C)C. The first-order chi connectivity index (χ1) is 6.88. The molecular formula is C12H18BrNO. The van der Waals surface area contributed by atoms with Gasteiger partial charge in [-0.25, -0.2) is 0 Å². The zero-order valence-corrected chi connectivity index (χ0v) is 11.3. The smallest absolute Gasteiger partial charge is 0.140 e. The van der Waals surface area contributed by atoms with E-state index < -0.39 is 0 Å². The van der Waals surface area contributed by atoms with E-state index in [4.69, 9.17) is 4.42 Å². The molecule has 1 aromatic rings. The van der Waals surface area contributed by atoms with Gasteiger partial charge in [0.2, 0.25) is 0 Å². The van der Waals surface area contributed by atoms with Crippen LogP contribution in [0, 0.1) is 0 Å². The summed E-state index contributed by atoms with van der Waals surface area (Å²) in [7, 11) is 0. The number of hydrogen-bond donors (Lipinski definition) is 1. The molecule has 0 radical (unpaired) electrons. The van der Waals surface area contributed by atoms with E-state index >= 15 is 0 Å². The summed E-state index contributed by atoms with van der Waals surface area (Å²) >= 11 is 3.43. The van der Waals surface area contributed by atoms with E-state index in [1.54, 1.807) is 6.26 Å². The maximum Gasteiger partial charge on any atom is 0.140 e. The summed E-state index contributed by atoms with van der Waals surface area (Å²) in [5.74, 6) is 0.878. The maximum atomic E-state index is 5.32. The summed E-state index contributed by atoms with van der Waals surface area (Å²) in [6, 6.07) is 1.90. The standard InChI is InChI=1S/C12H18BrNO/c1-9(8-14-12(2,3)4)7-11-10(13)5-6-15-11/h5-7,14H,8H2,1-4H3/b9-7-. The largest absolute Gasteiger partial charge is 0.464 e. The molecule has 1 N–H and O–H groups in total. The van der Waals surface area contributed by atoms with Gasteiger partial charge in [0.1, 0.15) is 5.76 Å². The van der Waals surface area contributed by atoms with Gasteiger partial charge in [0.05, 0.1) is 10.7 Å². The van der Waals surface area contributed by atoms with Crippen molar-refractivity contribution in [1.82, 2.24) is 5.32 Å². The normalized spacial score (nSPS) is 13.3. The van der Waals surface area contributed by atoms with Crippen molar-refractivity contribution < 1.29 is 4.42 Å². The van der Waals surface area contributed by atoms with Crippen LogP contribution in [0.5, 0.6) is 0 Å². The van der Waals surface area contributed by atoms with E-state index in [0.717, 1.165) is 16.8 Å². The van der Waals surface area contributed by atoms with E-state index in [0.29, 0.717) is 0 Å². The molecule has 2 nitrogen and oxygen atoms in total. The second kappa shape index (κ2) is 4.99. The van der Waals surface area contributed by atoms with Crippen LogP contribution in [-0.2, 0) is 0 Å². The van der Waals surface area contributed by atoms with Gasteiger partial charge in [-0.1, -0.05) is 5.57 Å². The highest BCUT2D eigenvalue weighted by Gasteiger charge is 2.08. The predicted molar refractivity (Wildman–Crippen MR) is 67.8 cm³/mol. The van der Waals surface area contributed by atoms with Gasteiger partial charge < -0.3 is 9.73 Å². The lowest BCUT2D eigenvalue weighted by Gasteiger charge is -2.20. The maximum absolute atomic E-state index is 5.32. The zero-order chi connectivity index (χ0) is 11.5. The molecule has 1 aromatic heterocycles. The molecule has 0 amide bonds. The van der Waals surface area contributed by atoms with Gasteiger partial charge >= 0.3 is 0 Å². The minimum Gasteiger partial charge on any atom is -0.464 e. The summed E-state index contributed by atoms with van der Waals surface area (Å²) in [4.78, 5) is 0. The Labute approximate surface area is 99.9 Å². The van der Waals surface area contributed by atoms with Crippen LogP contribution in [0.2, 0.25) is 0 Å². The molecule has 3 heteroatoms. The molecule has 0 aliphatic heterocycles. The number of hydrogen-bond acceptors (Lipinski definition) is 2. The van der Waals surface area contributed by atoms with Crippen molar-refractivity contribution in [3.8, 4) is 0 Å². The lowest BCUT2D eigenvalue weighted by atomic mass is 10.1. The van der Waals surface area contributed by atoms with Crippen LogP contribution >= 0.6 is 15.9 Å². The molecule has 0 saturated heterocycles. The summed E-state index contributed by atoms with van der Waals surface area (Å²) in [6.45, 7) is 9.43. The third-order valence-electron chi connectivity index (χ3n) is 1.92. The van der Waals surface area contributed by atoms with Gasteiger partial charge in [0.15, 0.2) is 0 Å². The fourth-order valence-corrected chi connectivity index (χ4v) is 1.40. The Morgan fingerprint density at radius 1 is 1.53 bits per heavy atom. The number of furan rings is 1. The summed E-state index contributed by atoms with van der Waals surface area (Å²) in [5, 5.41) is 3.43. The monoisotopic (exact) mass is 271 g/mol. The van der Waals surface area contributed by atoms with Crippen LogP contribution in [-0.4, -0.2) is 12.1 Å². The molecule has 1 rings (SSSR count). The van der Waals surface area contributed by atoms with Crippen LogP contribution in [0.3, 0.4) is 0 Å². The Balaban J connectivity index is 2.58. The second-order valence-electron chi connectivity index (χ2n) is 4.73. The van der Waals surface area contributed by atoms with Crippen LogP contribution in [0.1, 0.15) is 33.5 Å². The number of nitrogens with one attached hydrogen (secondary N) is 1. The second-order valence-corrected chi connectivity index (χ2v) is 5.58. The van der Waals surface area contributed by atoms with Crippen molar-refractivity contribution in [2.45, 2.75) is 33.2 Å². The van der Waals surface area contributed by atoms with E-state index in [-0.39, 0.29) is 5.54 Å². The molecule has 0 unspecified atom stereocenters. The van der Waals surface area contributed by atoms with Gasteiger partial charge in [-0.15, -0.1) is 0 Å². The van der Waals surface area contributed by atoms with E-state index in [1.807, 2.05) is 12.1 Å². The molecule has 15 heavy (non-hydrogen) atoms. The molecule has 0 aromatic carbocycles. The molecule has 0 fully saturated rings. The quantitative estimate of drug-likeness (QED) is 0.904. The van der Waals surface area contributed by atoms with Gasteiger partial charge in [-0.3, -0.25) is 0 Å². The highest BCUT2D eigenvalue weighted by Crippen LogP contribution is 2.20. The average molecular weight is 272 g/mol. The Morgan fingerprint density at radius 3 is 2.67 bits per heavy atom. The first-order valence-corrected chi connectivity index (χ1v) is 5.83.